The molecular weight excluding hydrogens is 478 g/mol. The SMILES string of the molecule is C.CNCC1=CC(CN[C@@H](CN2CCC(C3C=CC(Cl)CC3)C(C)(C)C2)C(C)C)CC=C1.O.O.O.O. The molecule has 5 atom stereocenters. The van der Waals surface area contributed by atoms with Gasteiger partial charge in [0.15, 0.2) is 0 Å². The number of nitrogens with one attached hydrogen (secondary N) is 2. The molecule has 1 saturated heterocycles. The first-order valence-corrected chi connectivity index (χ1v) is 13.0. The zero-order chi connectivity index (χ0) is 22.4. The Balaban J connectivity index is -0.00000218. The van der Waals surface area contributed by atoms with Gasteiger partial charge in [0.2, 0.25) is 0 Å². The molecule has 1 heterocycles. The molecule has 3 rings (SSSR count). The van der Waals surface area contributed by atoms with Crippen molar-refractivity contribution in [1.29, 1.82) is 0 Å². The summed E-state index contributed by atoms with van der Waals surface area (Å²) < 4.78 is 0. The highest BCUT2D eigenvalue weighted by molar-refractivity contribution is 6.21. The summed E-state index contributed by atoms with van der Waals surface area (Å²) in [6.45, 7) is 15.4. The highest BCUT2D eigenvalue weighted by Gasteiger charge is 2.40. The van der Waals surface area contributed by atoms with Crippen LogP contribution in [0.4, 0.5) is 0 Å². The molecule has 0 radical (unpaired) electrons. The van der Waals surface area contributed by atoms with Crippen LogP contribution >= 0.6 is 11.6 Å². The van der Waals surface area contributed by atoms with E-state index in [-0.39, 0.29) is 34.7 Å². The maximum absolute atomic E-state index is 6.30. The predicted octanol–water partition coefficient (Wildman–Crippen LogP) is 2.58. The number of likely N-dealkylation sites (N-methyl/N-ethyl adjacent to an activating group) is 1. The Labute approximate surface area is 226 Å². The lowest BCUT2D eigenvalue weighted by Crippen LogP contribution is -2.53. The van der Waals surface area contributed by atoms with Crippen molar-refractivity contribution in [3.63, 3.8) is 0 Å². The Morgan fingerprint density at radius 3 is 2.33 bits per heavy atom. The van der Waals surface area contributed by atoms with Crippen LogP contribution in [0.25, 0.3) is 0 Å². The number of rotatable bonds is 9. The van der Waals surface area contributed by atoms with Crippen LogP contribution in [0.1, 0.15) is 60.8 Å². The van der Waals surface area contributed by atoms with Crippen molar-refractivity contribution in [3.05, 3.63) is 36.0 Å². The molecule has 216 valence electrons. The lowest BCUT2D eigenvalue weighted by molar-refractivity contribution is 0.0219. The summed E-state index contributed by atoms with van der Waals surface area (Å²) in [5.41, 5.74) is 1.77. The molecule has 1 fully saturated rings. The van der Waals surface area contributed by atoms with Gasteiger partial charge in [0, 0.05) is 32.2 Å². The van der Waals surface area contributed by atoms with E-state index in [4.69, 9.17) is 11.6 Å². The molecule has 0 spiro atoms. The van der Waals surface area contributed by atoms with Crippen LogP contribution in [-0.2, 0) is 0 Å². The van der Waals surface area contributed by atoms with Gasteiger partial charge in [-0.15, -0.1) is 11.6 Å². The standard InChI is InChI=1S/C27H46ClN3.CH4.4H2O/c1-20(2)26(30-17-22-8-6-7-21(15-22)16-29-5)18-31-14-13-25(27(3,4)19-31)23-9-11-24(28)12-10-23;;;;;/h6-7,9,11,15,20,22-26,29-30H,8,10,12-14,16-19H2,1-5H3;1H4;4*1H2/t22?,23?,24?,25?,26-;;;;;/m0...../s1. The minimum absolute atomic E-state index is 0. The quantitative estimate of drug-likeness (QED) is 0.344. The minimum Gasteiger partial charge on any atom is -0.412 e. The molecule has 0 bridgehead atoms. The Morgan fingerprint density at radius 2 is 1.78 bits per heavy atom. The van der Waals surface area contributed by atoms with Gasteiger partial charge >= 0.3 is 0 Å². The maximum Gasteiger partial charge on any atom is 0.0516 e. The van der Waals surface area contributed by atoms with Gasteiger partial charge in [0.1, 0.15) is 0 Å². The smallest absolute Gasteiger partial charge is 0.0516 e. The van der Waals surface area contributed by atoms with Crippen molar-refractivity contribution in [2.45, 2.75) is 72.2 Å². The third kappa shape index (κ3) is 11.3. The maximum atomic E-state index is 6.30. The molecule has 3 aliphatic rings. The van der Waals surface area contributed by atoms with Crippen LogP contribution < -0.4 is 10.6 Å². The summed E-state index contributed by atoms with van der Waals surface area (Å²) in [7, 11) is 2.02. The summed E-state index contributed by atoms with van der Waals surface area (Å²) in [6, 6.07) is 0.547. The Bertz CT molecular complexity index is 669. The second-order valence-electron chi connectivity index (χ2n) is 11.2. The van der Waals surface area contributed by atoms with E-state index in [2.05, 4.69) is 73.6 Å². The van der Waals surface area contributed by atoms with Crippen molar-refractivity contribution in [1.82, 2.24) is 15.5 Å². The molecular formula is C28H58ClN3O4. The number of hydrogen-bond donors (Lipinski definition) is 2. The fraction of sp³-hybridized carbons (Fsp3) is 0.786. The highest BCUT2D eigenvalue weighted by atomic mass is 35.5. The third-order valence-corrected chi connectivity index (χ3v) is 8.12. The fourth-order valence-electron chi connectivity index (χ4n) is 5.95. The molecule has 36 heavy (non-hydrogen) atoms. The number of alkyl halides is 1. The van der Waals surface area contributed by atoms with E-state index in [1.165, 1.54) is 31.5 Å². The van der Waals surface area contributed by atoms with E-state index in [0.717, 1.165) is 38.4 Å². The van der Waals surface area contributed by atoms with Crippen molar-refractivity contribution in [2.75, 3.05) is 39.8 Å². The highest BCUT2D eigenvalue weighted by Crippen LogP contribution is 2.43. The first-order valence-electron chi connectivity index (χ1n) is 12.6. The summed E-state index contributed by atoms with van der Waals surface area (Å²) in [6.07, 6.45) is 16.6. The monoisotopic (exact) mass is 535 g/mol. The summed E-state index contributed by atoms with van der Waals surface area (Å²) in [5.74, 6) is 2.74. The van der Waals surface area contributed by atoms with Crippen LogP contribution in [-0.4, -0.2) is 78.0 Å². The molecule has 4 unspecified atom stereocenters. The Morgan fingerprint density at radius 1 is 1.08 bits per heavy atom. The van der Waals surface area contributed by atoms with Gasteiger partial charge in [-0.25, -0.2) is 0 Å². The molecule has 1 aliphatic heterocycles. The van der Waals surface area contributed by atoms with E-state index in [0.29, 0.717) is 29.2 Å². The number of likely N-dealkylation sites (tertiary alicyclic amines) is 1. The van der Waals surface area contributed by atoms with Gasteiger partial charge < -0.3 is 37.4 Å². The predicted molar refractivity (Wildman–Crippen MR) is 157 cm³/mol. The fourth-order valence-corrected chi connectivity index (χ4v) is 6.16. The number of allylic oxidation sites excluding steroid dienone is 3. The molecule has 0 aromatic heterocycles. The zero-order valence-corrected chi connectivity index (χ0v) is 23.3. The largest absolute Gasteiger partial charge is 0.412 e. The van der Waals surface area contributed by atoms with Crippen molar-refractivity contribution < 1.29 is 21.9 Å². The van der Waals surface area contributed by atoms with Gasteiger partial charge in [-0.3, -0.25) is 0 Å². The van der Waals surface area contributed by atoms with Gasteiger partial charge in [0.25, 0.3) is 0 Å². The summed E-state index contributed by atoms with van der Waals surface area (Å²) in [5, 5.41) is 7.47. The molecule has 0 aromatic rings. The molecule has 0 aromatic carbocycles. The van der Waals surface area contributed by atoms with Crippen LogP contribution in [0.3, 0.4) is 0 Å². The average Bonchev–Trinajstić information content (AvgIpc) is 2.72. The second kappa shape index (κ2) is 18.5. The Hall–Kier alpha value is -0.770. The van der Waals surface area contributed by atoms with Crippen molar-refractivity contribution in [3.8, 4) is 0 Å². The molecule has 8 heteroatoms. The van der Waals surface area contributed by atoms with Crippen LogP contribution in [0.15, 0.2) is 36.0 Å². The van der Waals surface area contributed by atoms with Gasteiger partial charge in [-0.05, 0) is 73.9 Å². The van der Waals surface area contributed by atoms with E-state index in [9.17, 15) is 0 Å². The second-order valence-corrected chi connectivity index (χ2v) is 11.8. The molecule has 7 nitrogen and oxygen atoms in total. The van der Waals surface area contributed by atoms with E-state index < -0.39 is 0 Å². The van der Waals surface area contributed by atoms with Crippen LogP contribution in [0, 0.1) is 29.1 Å². The molecule has 0 amide bonds. The van der Waals surface area contributed by atoms with Gasteiger partial charge in [-0.1, -0.05) is 65.5 Å². The third-order valence-electron chi connectivity index (χ3n) is 7.75. The zero-order valence-electron chi connectivity index (χ0n) is 22.5. The molecule has 2 aliphatic carbocycles. The first-order chi connectivity index (χ1) is 14.8. The number of piperidine rings is 1. The minimum atomic E-state index is 0. The number of halogens is 1. The molecule has 0 saturated carbocycles. The lowest BCUT2D eigenvalue weighted by Gasteiger charge is -2.48. The first kappa shape index (κ1) is 39.7. The normalized spacial score (nSPS) is 27.8. The Kier molecular flexibility index (Phi) is 20.4. The molecule has 10 N–H and O–H groups in total. The van der Waals surface area contributed by atoms with Gasteiger partial charge in [0.05, 0.1) is 5.38 Å². The van der Waals surface area contributed by atoms with E-state index >= 15 is 0 Å². The number of hydrogen-bond acceptors (Lipinski definition) is 3. The number of nitrogens with zero attached hydrogens (tertiary/aromatic N) is 1. The van der Waals surface area contributed by atoms with Crippen LogP contribution in [0.5, 0.6) is 0 Å². The van der Waals surface area contributed by atoms with Gasteiger partial charge in [-0.2, -0.15) is 0 Å². The van der Waals surface area contributed by atoms with E-state index in [1.807, 2.05) is 7.05 Å². The lowest BCUT2D eigenvalue weighted by atomic mass is 9.65. The van der Waals surface area contributed by atoms with Crippen molar-refractivity contribution in [2.24, 2.45) is 29.1 Å². The van der Waals surface area contributed by atoms with Crippen LogP contribution in [0.2, 0.25) is 0 Å². The average molecular weight is 536 g/mol. The topological polar surface area (TPSA) is 153 Å². The van der Waals surface area contributed by atoms with E-state index in [1.54, 1.807) is 0 Å². The summed E-state index contributed by atoms with van der Waals surface area (Å²) >= 11 is 6.30. The van der Waals surface area contributed by atoms with Crippen molar-refractivity contribution >= 4 is 11.6 Å². The summed E-state index contributed by atoms with van der Waals surface area (Å²) in [4.78, 5) is 2.73.